The van der Waals surface area contributed by atoms with Gasteiger partial charge in [0.05, 0.1) is 11.7 Å². The van der Waals surface area contributed by atoms with Crippen molar-refractivity contribution in [1.29, 1.82) is 0 Å². The smallest absolute Gasteiger partial charge is 0.290 e. The van der Waals surface area contributed by atoms with E-state index in [0.29, 0.717) is 5.69 Å². The molecule has 1 aliphatic rings. The molecule has 2 aromatic heterocycles. The van der Waals surface area contributed by atoms with Crippen LogP contribution in [0.25, 0.3) is 0 Å². The summed E-state index contributed by atoms with van der Waals surface area (Å²) in [5.74, 6) is 1.71. The van der Waals surface area contributed by atoms with Gasteiger partial charge in [0, 0.05) is 19.0 Å². The van der Waals surface area contributed by atoms with Crippen LogP contribution in [0, 0.1) is 6.92 Å². The summed E-state index contributed by atoms with van der Waals surface area (Å²) in [7, 11) is 0. The SMILES string of the molecule is Cc1cc(C(=O)NC(C)c2nnc3n2CCC3)on1. The number of hydrogen-bond acceptors (Lipinski definition) is 5. The van der Waals surface area contributed by atoms with E-state index in [4.69, 9.17) is 4.52 Å². The summed E-state index contributed by atoms with van der Waals surface area (Å²) in [6.07, 6.45) is 2.04. The fourth-order valence-electron chi connectivity index (χ4n) is 2.30. The lowest BCUT2D eigenvalue weighted by Gasteiger charge is -2.12. The number of aromatic nitrogens is 4. The van der Waals surface area contributed by atoms with Crippen LogP contribution in [0.15, 0.2) is 10.6 Å². The Morgan fingerprint density at radius 2 is 2.37 bits per heavy atom. The van der Waals surface area contributed by atoms with Gasteiger partial charge in [-0.3, -0.25) is 4.79 Å². The van der Waals surface area contributed by atoms with Crippen molar-refractivity contribution in [2.45, 2.75) is 39.3 Å². The fraction of sp³-hybridized carbons (Fsp3) is 0.500. The number of aryl methyl sites for hydroxylation is 2. The lowest BCUT2D eigenvalue weighted by molar-refractivity contribution is 0.0900. The highest BCUT2D eigenvalue weighted by Gasteiger charge is 2.23. The Morgan fingerprint density at radius 1 is 1.53 bits per heavy atom. The van der Waals surface area contributed by atoms with Gasteiger partial charge in [0.2, 0.25) is 5.76 Å². The molecule has 1 unspecified atom stereocenters. The van der Waals surface area contributed by atoms with Crippen LogP contribution in [0.4, 0.5) is 0 Å². The number of nitrogens with zero attached hydrogens (tertiary/aromatic N) is 4. The van der Waals surface area contributed by atoms with Crippen LogP contribution in [-0.2, 0) is 13.0 Å². The standard InChI is InChI=1S/C12H15N5O2/c1-7-6-9(19-16-7)12(18)13-8(2)11-15-14-10-4-3-5-17(10)11/h6,8H,3-5H2,1-2H3,(H,13,18). The first-order chi connectivity index (χ1) is 9.15. The van der Waals surface area contributed by atoms with Crippen molar-refractivity contribution in [3.63, 3.8) is 0 Å². The number of hydrogen-bond donors (Lipinski definition) is 1. The molecule has 0 saturated heterocycles. The molecule has 0 spiro atoms. The molecule has 1 atom stereocenters. The molecule has 1 aliphatic heterocycles. The van der Waals surface area contributed by atoms with E-state index in [1.165, 1.54) is 0 Å². The number of nitrogens with one attached hydrogen (secondary N) is 1. The Morgan fingerprint density at radius 3 is 3.11 bits per heavy atom. The van der Waals surface area contributed by atoms with Gasteiger partial charge in [-0.05, 0) is 20.3 Å². The molecule has 2 aromatic rings. The van der Waals surface area contributed by atoms with E-state index in [1.807, 2.05) is 6.92 Å². The van der Waals surface area contributed by atoms with E-state index in [2.05, 4.69) is 25.2 Å². The average Bonchev–Trinajstić information content (AvgIpc) is 3.02. The largest absolute Gasteiger partial charge is 0.351 e. The predicted molar refractivity (Wildman–Crippen MR) is 65.5 cm³/mol. The molecule has 7 nitrogen and oxygen atoms in total. The molecule has 19 heavy (non-hydrogen) atoms. The van der Waals surface area contributed by atoms with Crippen LogP contribution >= 0.6 is 0 Å². The lowest BCUT2D eigenvalue weighted by Crippen LogP contribution is -2.28. The van der Waals surface area contributed by atoms with Crippen molar-refractivity contribution in [2.24, 2.45) is 0 Å². The molecule has 3 rings (SSSR count). The van der Waals surface area contributed by atoms with Gasteiger partial charge in [-0.2, -0.15) is 0 Å². The molecule has 1 N–H and O–H groups in total. The minimum absolute atomic E-state index is 0.211. The second-order valence-corrected chi connectivity index (χ2v) is 4.76. The summed E-state index contributed by atoms with van der Waals surface area (Å²) in [6, 6.07) is 1.40. The average molecular weight is 261 g/mol. The third-order valence-electron chi connectivity index (χ3n) is 3.22. The van der Waals surface area contributed by atoms with Gasteiger partial charge in [0.25, 0.3) is 5.91 Å². The molecule has 0 saturated carbocycles. The van der Waals surface area contributed by atoms with Crippen LogP contribution in [-0.4, -0.2) is 25.8 Å². The van der Waals surface area contributed by atoms with E-state index in [9.17, 15) is 4.79 Å². The summed E-state index contributed by atoms with van der Waals surface area (Å²) in [5, 5.41) is 14.8. The zero-order chi connectivity index (χ0) is 13.4. The monoisotopic (exact) mass is 261 g/mol. The zero-order valence-electron chi connectivity index (χ0n) is 10.9. The zero-order valence-corrected chi connectivity index (χ0v) is 10.9. The van der Waals surface area contributed by atoms with Crippen LogP contribution < -0.4 is 5.32 Å². The summed E-state index contributed by atoms with van der Waals surface area (Å²) in [4.78, 5) is 12.0. The molecule has 3 heterocycles. The van der Waals surface area contributed by atoms with E-state index < -0.39 is 0 Å². The third-order valence-corrected chi connectivity index (χ3v) is 3.22. The molecular weight excluding hydrogens is 246 g/mol. The van der Waals surface area contributed by atoms with Crippen molar-refractivity contribution in [3.05, 3.63) is 29.2 Å². The third kappa shape index (κ3) is 2.11. The first-order valence-electron chi connectivity index (χ1n) is 6.31. The molecule has 100 valence electrons. The van der Waals surface area contributed by atoms with Gasteiger partial charge in [-0.25, -0.2) is 0 Å². The van der Waals surface area contributed by atoms with Crippen molar-refractivity contribution in [1.82, 2.24) is 25.2 Å². The summed E-state index contributed by atoms with van der Waals surface area (Å²) in [5.41, 5.74) is 0.682. The topological polar surface area (TPSA) is 85.8 Å². The highest BCUT2D eigenvalue weighted by molar-refractivity contribution is 5.91. The molecular formula is C12H15N5O2. The van der Waals surface area contributed by atoms with E-state index in [0.717, 1.165) is 31.0 Å². The number of amides is 1. The molecule has 1 amide bonds. The maximum Gasteiger partial charge on any atom is 0.290 e. The molecule has 7 heteroatoms. The highest BCUT2D eigenvalue weighted by atomic mass is 16.5. The van der Waals surface area contributed by atoms with Gasteiger partial charge >= 0.3 is 0 Å². The summed E-state index contributed by atoms with van der Waals surface area (Å²) >= 11 is 0. The Labute approximate surface area is 110 Å². The highest BCUT2D eigenvalue weighted by Crippen LogP contribution is 2.19. The predicted octanol–water partition coefficient (Wildman–Crippen LogP) is 1.01. The Kier molecular flexibility index (Phi) is 2.81. The van der Waals surface area contributed by atoms with E-state index >= 15 is 0 Å². The van der Waals surface area contributed by atoms with Crippen LogP contribution in [0.1, 0.15) is 47.3 Å². The van der Waals surface area contributed by atoms with Crippen LogP contribution in [0.3, 0.4) is 0 Å². The van der Waals surface area contributed by atoms with Crippen molar-refractivity contribution in [2.75, 3.05) is 0 Å². The summed E-state index contributed by atoms with van der Waals surface area (Å²) in [6.45, 7) is 4.57. The number of fused-ring (bicyclic) bond motifs is 1. The molecule has 0 aromatic carbocycles. The maximum atomic E-state index is 12.0. The Hall–Kier alpha value is -2.18. The Bertz CT molecular complexity index is 615. The minimum Gasteiger partial charge on any atom is -0.351 e. The van der Waals surface area contributed by atoms with Crippen molar-refractivity contribution < 1.29 is 9.32 Å². The van der Waals surface area contributed by atoms with Gasteiger partial charge in [-0.15, -0.1) is 10.2 Å². The van der Waals surface area contributed by atoms with Gasteiger partial charge in [0.1, 0.15) is 5.82 Å². The molecule has 0 aliphatic carbocycles. The van der Waals surface area contributed by atoms with E-state index in [-0.39, 0.29) is 17.7 Å². The van der Waals surface area contributed by atoms with Crippen molar-refractivity contribution in [3.8, 4) is 0 Å². The fourth-order valence-corrected chi connectivity index (χ4v) is 2.30. The maximum absolute atomic E-state index is 12.0. The molecule has 0 radical (unpaired) electrons. The number of rotatable bonds is 3. The molecule has 0 bridgehead atoms. The second kappa shape index (κ2) is 4.49. The number of carbonyl (C=O) groups excluding carboxylic acids is 1. The normalized spacial score (nSPS) is 15.3. The van der Waals surface area contributed by atoms with Crippen LogP contribution in [0.5, 0.6) is 0 Å². The van der Waals surface area contributed by atoms with Gasteiger partial charge in [0.15, 0.2) is 5.82 Å². The van der Waals surface area contributed by atoms with Gasteiger partial charge < -0.3 is 14.4 Å². The summed E-state index contributed by atoms with van der Waals surface area (Å²) < 4.78 is 7.00. The quantitative estimate of drug-likeness (QED) is 0.891. The molecule has 0 fully saturated rings. The first-order valence-corrected chi connectivity index (χ1v) is 6.31. The minimum atomic E-state index is -0.288. The second-order valence-electron chi connectivity index (χ2n) is 4.76. The number of carbonyl (C=O) groups is 1. The van der Waals surface area contributed by atoms with Gasteiger partial charge in [-0.1, -0.05) is 5.16 Å². The Balaban J connectivity index is 1.74. The first kappa shape index (κ1) is 11.9. The van der Waals surface area contributed by atoms with E-state index in [1.54, 1.807) is 13.0 Å². The van der Waals surface area contributed by atoms with Crippen LogP contribution in [0.2, 0.25) is 0 Å². The lowest BCUT2D eigenvalue weighted by atomic mass is 10.3. The van der Waals surface area contributed by atoms with Crippen molar-refractivity contribution >= 4 is 5.91 Å².